The Morgan fingerprint density at radius 1 is 1.31 bits per heavy atom. The minimum absolute atomic E-state index is 0.873. The number of hydrogen-bond donors (Lipinski definition) is 0. The summed E-state index contributed by atoms with van der Waals surface area (Å²) in [5.41, 5.74) is 2.86. The van der Waals surface area contributed by atoms with E-state index in [2.05, 4.69) is 23.1 Å². The van der Waals surface area contributed by atoms with Gasteiger partial charge in [-0.15, -0.1) is 0 Å². The van der Waals surface area contributed by atoms with E-state index < -0.39 is 0 Å². The quantitative estimate of drug-likeness (QED) is 0.781. The lowest BCUT2D eigenvalue weighted by Crippen LogP contribution is -1.94. The second-order valence-electron chi connectivity index (χ2n) is 3.42. The van der Waals surface area contributed by atoms with Crippen LogP contribution >= 0.6 is 0 Å². The Morgan fingerprint density at radius 2 is 2.12 bits per heavy atom. The van der Waals surface area contributed by atoms with Gasteiger partial charge in [0.1, 0.15) is 5.82 Å². The molecule has 2 heterocycles. The summed E-state index contributed by atoms with van der Waals surface area (Å²) in [6.07, 6.45) is 7.10. The third kappa shape index (κ3) is 1.67. The molecule has 0 fully saturated rings. The average molecular weight is 211 g/mol. The smallest absolute Gasteiger partial charge is 0.110 e. The van der Waals surface area contributed by atoms with Crippen molar-refractivity contribution in [3.05, 3.63) is 49.1 Å². The largest absolute Gasteiger partial charge is 0.303 e. The van der Waals surface area contributed by atoms with Crippen molar-refractivity contribution < 1.29 is 0 Å². The number of nitrogens with zero attached hydrogens (tertiary/aromatic N) is 3. The molecule has 0 saturated heterocycles. The van der Waals surface area contributed by atoms with E-state index in [1.54, 1.807) is 24.7 Å². The maximum atomic E-state index is 4.32. The van der Waals surface area contributed by atoms with Crippen molar-refractivity contribution in [2.24, 2.45) is 0 Å². The molecule has 16 heavy (non-hydrogen) atoms. The summed E-state index contributed by atoms with van der Waals surface area (Å²) in [6, 6.07) is 3.89. The maximum absolute atomic E-state index is 4.32. The minimum atomic E-state index is 0.873. The first kappa shape index (κ1) is 10.4. The van der Waals surface area contributed by atoms with Crippen molar-refractivity contribution in [1.82, 2.24) is 14.5 Å². The molecule has 0 N–H and O–H groups in total. The summed E-state index contributed by atoms with van der Waals surface area (Å²) in [5.74, 6) is 0.899. The van der Waals surface area contributed by atoms with E-state index in [4.69, 9.17) is 0 Å². The predicted octanol–water partition coefficient (Wildman–Crippen LogP) is 3.00. The molecule has 0 unspecified atom stereocenters. The summed E-state index contributed by atoms with van der Waals surface area (Å²) < 4.78 is 1.91. The summed E-state index contributed by atoms with van der Waals surface area (Å²) in [5, 5.41) is 0. The van der Waals surface area contributed by atoms with Crippen molar-refractivity contribution in [2.75, 3.05) is 0 Å². The van der Waals surface area contributed by atoms with Crippen LogP contribution in [0.15, 0.2) is 37.7 Å². The fraction of sp³-hybridized carbons (Fsp3) is 0.0769. The van der Waals surface area contributed by atoms with Gasteiger partial charge in [0, 0.05) is 12.4 Å². The number of rotatable bonds is 3. The Bertz CT molecular complexity index is 538. The van der Waals surface area contributed by atoms with Gasteiger partial charge < -0.3 is 4.57 Å². The van der Waals surface area contributed by atoms with Crippen LogP contribution in [0.5, 0.6) is 0 Å². The van der Waals surface area contributed by atoms with Crippen LogP contribution in [-0.4, -0.2) is 14.5 Å². The molecule has 0 atom stereocenters. The van der Waals surface area contributed by atoms with Crippen molar-refractivity contribution in [3.63, 3.8) is 0 Å². The molecule has 2 aromatic heterocycles. The summed E-state index contributed by atoms with van der Waals surface area (Å²) in [6.45, 7) is 9.44. The Kier molecular flexibility index (Phi) is 2.68. The van der Waals surface area contributed by atoms with Crippen LogP contribution in [0.4, 0.5) is 0 Å². The molecule has 0 amide bonds. The van der Waals surface area contributed by atoms with Gasteiger partial charge >= 0.3 is 0 Å². The van der Waals surface area contributed by atoms with Crippen LogP contribution < -0.4 is 0 Å². The first-order chi connectivity index (χ1) is 7.76. The van der Waals surface area contributed by atoms with Crippen LogP contribution in [0, 0.1) is 6.92 Å². The third-order valence-electron chi connectivity index (χ3n) is 2.45. The van der Waals surface area contributed by atoms with E-state index in [-0.39, 0.29) is 0 Å². The molecule has 0 aliphatic heterocycles. The van der Waals surface area contributed by atoms with Gasteiger partial charge in [-0.2, -0.15) is 0 Å². The van der Waals surface area contributed by atoms with Crippen molar-refractivity contribution in [3.8, 4) is 11.4 Å². The van der Waals surface area contributed by atoms with E-state index in [0.717, 1.165) is 22.8 Å². The van der Waals surface area contributed by atoms with E-state index in [1.807, 2.05) is 23.6 Å². The lowest BCUT2D eigenvalue weighted by atomic mass is 10.2. The monoisotopic (exact) mass is 211 g/mol. The van der Waals surface area contributed by atoms with Crippen molar-refractivity contribution in [2.45, 2.75) is 6.92 Å². The van der Waals surface area contributed by atoms with E-state index in [1.165, 1.54) is 0 Å². The lowest BCUT2D eigenvalue weighted by Gasteiger charge is -2.04. The van der Waals surface area contributed by atoms with Gasteiger partial charge in [0.2, 0.25) is 0 Å². The molecular weight excluding hydrogens is 198 g/mol. The first-order valence-corrected chi connectivity index (χ1v) is 5.01. The second kappa shape index (κ2) is 4.14. The molecule has 0 spiro atoms. The summed E-state index contributed by atoms with van der Waals surface area (Å²) in [7, 11) is 0. The third-order valence-corrected chi connectivity index (χ3v) is 2.45. The highest BCUT2D eigenvalue weighted by atomic mass is 15.1. The van der Waals surface area contributed by atoms with Gasteiger partial charge in [0.05, 0.1) is 17.6 Å². The maximum Gasteiger partial charge on any atom is 0.110 e. The van der Waals surface area contributed by atoms with Gasteiger partial charge in [-0.1, -0.05) is 19.2 Å². The van der Waals surface area contributed by atoms with Crippen LogP contribution in [0.2, 0.25) is 0 Å². The van der Waals surface area contributed by atoms with Crippen LogP contribution in [0.3, 0.4) is 0 Å². The minimum Gasteiger partial charge on any atom is -0.303 e. The molecule has 2 aromatic rings. The fourth-order valence-electron chi connectivity index (χ4n) is 1.59. The second-order valence-corrected chi connectivity index (χ2v) is 3.42. The standard InChI is InChI=1S/C13H13N3/c1-4-11-6-7-14-12(8-11)13-9-15-10(3)16(13)5-2/h4-9H,1-2H2,3H3. The molecule has 3 nitrogen and oxygen atoms in total. The lowest BCUT2D eigenvalue weighted by molar-refractivity contribution is 1.03. The Balaban J connectivity index is 2.57. The van der Waals surface area contributed by atoms with Gasteiger partial charge in [0.15, 0.2) is 0 Å². The highest BCUT2D eigenvalue weighted by molar-refractivity contribution is 5.62. The number of imidazole rings is 1. The Morgan fingerprint density at radius 3 is 2.81 bits per heavy atom. The predicted molar refractivity (Wildman–Crippen MR) is 66.7 cm³/mol. The van der Waals surface area contributed by atoms with E-state index in [0.29, 0.717) is 0 Å². The molecule has 2 rings (SSSR count). The number of pyridine rings is 1. The number of hydrogen-bond acceptors (Lipinski definition) is 2. The molecule has 0 bridgehead atoms. The van der Waals surface area contributed by atoms with Crippen LogP contribution in [0.1, 0.15) is 11.4 Å². The zero-order valence-corrected chi connectivity index (χ0v) is 9.22. The van der Waals surface area contributed by atoms with Gasteiger partial charge in [-0.3, -0.25) is 4.98 Å². The number of aryl methyl sites for hydroxylation is 1. The summed E-state index contributed by atoms with van der Waals surface area (Å²) in [4.78, 5) is 8.57. The average Bonchev–Trinajstić information content (AvgIpc) is 2.70. The fourth-order valence-corrected chi connectivity index (χ4v) is 1.59. The van der Waals surface area contributed by atoms with E-state index in [9.17, 15) is 0 Å². The van der Waals surface area contributed by atoms with Crippen molar-refractivity contribution >= 4 is 12.3 Å². The SMILES string of the molecule is C=Cc1ccnc(-c2cnc(C)n2C=C)c1. The first-order valence-electron chi connectivity index (χ1n) is 5.01. The highest BCUT2D eigenvalue weighted by Gasteiger charge is 2.07. The van der Waals surface area contributed by atoms with Gasteiger partial charge in [-0.05, 0) is 24.6 Å². The van der Waals surface area contributed by atoms with E-state index >= 15 is 0 Å². The van der Waals surface area contributed by atoms with Crippen molar-refractivity contribution in [1.29, 1.82) is 0 Å². The summed E-state index contributed by atoms with van der Waals surface area (Å²) >= 11 is 0. The molecular formula is C13H13N3. The molecule has 0 aliphatic rings. The van der Waals surface area contributed by atoms with Gasteiger partial charge in [0.25, 0.3) is 0 Å². The Hall–Kier alpha value is -2.16. The molecule has 3 heteroatoms. The normalized spacial score (nSPS) is 10.1. The molecule has 0 aromatic carbocycles. The molecule has 0 saturated carbocycles. The van der Waals surface area contributed by atoms with Gasteiger partial charge in [-0.25, -0.2) is 4.98 Å². The molecule has 0 aliphatic carbocycles. The van der Waals surface area contributed by atoms with Crippen LogP contribution in [0.25, 0.3) is 23.7 Å². The zero-order valence-electron chi connectivity index (χ0n) is 9.22. The molecule has 80 valence electrons. The molecule has 0 radical (unpaired) electrons. The number of aromatic nitrogens is 3. The Labute approximate surface area is 94.8 Å². The topological polar surface area (TPSA) is 30.7 Å². The highest BCUT2D eigenvalue weighted by Crippen LogP contribution is 2.19. The van der Waals surface area contributed by atoms with Crippen LogP contribution in [-0.2, 0) is 0 Å². The zero-order chi connectivity index (χ0) is 11.5.